The van der Waals surface area contributed by atoms with Gasteiger partial charge in [-0.3, -0.25) is 0 Å². The lowest BCUT2D eigenvalue weighted by Crippen LogP contribution is -2.23. The molecule has 0 saturated carbocycles. The number of halogens is 2. The highest BCUT2D eigenvalue weighted by Crippen LogP contribution is 2.31. The number of nitrogens with one attached hydrogen (secondary N) is 1. The zero-order valence-electron chi connectivity index (χ0n) is 11.0. The molecule has 1 aromatic heterocycles. The van der Waals surface area contributed by atoms with Crippen LogP contribution in [0.1, 0.15) is 35.4 Å². The predicted octanol–water partition coefficient (Wildman–Crippen LogP) is 4.94. The summed E-state index contributed by atoms with van der Waals surface area (Å²) in [5.74, 6) is -0.373. The van der Waals surface area contributed by atoms with Gasteiger partial charge in [-0.05, 0) is 54.6 Å². The third kappa shape index (κ3) is 3.35. The van der Waals surface area contributed by atoms with Gasteiger partial charge in [-0.15, -0.1) is 11.3 Å². The normalized spacial score (nSPS) is 12.6. The summed E-state index contributed by atoms with van der Waals surface area (Å²) in [5.41, 5.74) is 2.25. The fourth-order valence-electron chi connectivity index (χ4n) is 2.02. The van der Waals surface area contributed by atoms with Crippen LogP contribution < -0.4 is 5.32 Å². The van der Waals surface area contributed by atoms with E-state index >= 15 is 0 Å². The van der Waals surface area contributed by atoms with Crippen LogP contribution in [0.4, 0.5) is 4.39 Å². The first kappa shape index (κ1) is 14.5. The summed E-state index contributed by atoms with van der Waals surface area (Å²) in [6, 6.07) is 7.13. The number of benzene rings is 1. The van der Waals surface area contributed by atoms with Gasteiger partial charge in [-0.1, -0.05) is 24.6 Å². The molecule has 2 rings (SSSR count). The standard InChI is InChI=1S/C15H17ClFNS/c1-3-7-18-14(15-10(2)6-8-19-15)11-4-5-13(17)12(16)9-11/h4-6,8-9,14,18H,3,7H2,1-2H3. The molecule has 0 aliphatic heterocycles. The van der Waals surface area contributed by atoms with Gasteiger partial charge in [0.05, 0.1) is 11.1 Å². The van der Waals surface area contributed by atoms with E-state index in [-0.39, 0.29) is 16.9 Å². The van der Waals surface area contributed by atoms with Crippen LogP contribution in [0.5, 0.6) is 0 Å². The molecule has 0 radical (unpaired) electrons. The summed E-state index contributed by atoms with van der Waals surface area (Å²) in [4.78, 5) is 1.26. The van der Waals surface area contributed by atoms with Crippen molar-refractivity contribution < 1.29 is 4.39 Å². The highest BCUT2D eigenvalue weighted by atomic mass is 35.5. The van der Waals surface area contributed by atoms with Gasteiger partial charge in [0.1, 0.15) is 5.82 Å². The van der Waals surface area contributed by atoms with Crippen molar-refractivity contribution in [2.75, 3.05) is 6.54 Å². The number of aryl methyl sites for hydroxylation is 1. The van der Waals surface area contributed by atoms with Crippen molar-refractivity contribution in [1.82, 2.24) is 5.32 Å². The van der Waals surface area contributed by atoms with Crippen LogP contribution >= 0.6 is 22.9 Å². The van der Waals surface area contributed by atoms with Gasteiger partial charge in [-0.25, -0.2) is 4.39 Å². The Labute approximate surface area is 122 Å². The number of hydrogen-bond donors (Lipinski definition) is 1. The summed E-state index contributed by atoms with van der Waals surface area (Å²) in [6.07, 6.45) is 1.05. The molecule has 0 amide bonds. The monoisotopic (exact) mass is 297 g/mol. The minimum Gasteiger partial charge on any atom is -0.306 e. The lowest BCUT2D eigenvalue weighted by atomic mass is 10.0. The molecule has 0 spiro atoms. The Morgan fingerprint density at radius 1 is 1.37 bits per heavy atom. The molecule has 1 aromatic carbocycles. The molecule has 1 N–H and O–H groups in total. The Bertz CT molecular complexity index is 553. The fraction of sp³-hybridized carbons (Fsp3) is 0.333. The first-order valence-electron chi connectivity index (χ1n) is 6.35. The van der Waals surface area contributed by atoms with Gasteiger partial charge in [0.25, 0.3) is 0 Å². The van der Waals surface area contributed by atoms with E-state index < -0.39 is 0 Å². The second-order valence-corrected chi connectivity index (χ2v) is 5.88. The van der Waals surface area contributed by atoms with Crippen molar-refractivity contribution in [2.24, 2.45) is 0 Å². The van der Waals surface area contributed by atoms with Crippen LogP contribution in [0, 0.1) is 12.7 Å². The minimum absolute atomic E-state index is 0.0815. The lowest BCUT2D eigenvalue weighted by Gasteiger charge is -2.19. The van der Waals surface area contributed by atoms with E-state index in [1.807, 2.05) is 0 Å². The maximum Gasteiger partial charge on any atom is 0.141 e. The first-order chi connectivity index (χ1) is 9.13. The van der Waals surface area contributed by atoms with E-state index in [0.717, 1.165) is 18.5 Å². The molecule has 1 atom stereocenters. The second kappa shape index (κ2) is 6.51. The maximum absolute atomic E-state index is 13.3. The van der Waals surface area contributed by atoms with E-state index in [4.69, 9.17) is 11.6 Å². The van der Waals surface area contributed by atoms with E-state index in [1.54, 1.807) is 23.5 Å². The van der Waals surface area contributed by atoms with Crippen LogP contribution in [-0.4, -0.2) is 6.54 Å². The fourth-order valence-corrected chi connectivity index (χ4v) is 3.24. The van der Waals surface area contributed by atoms with E-state index in [9.17, 15) is 4.39 Å². The van der Waals surface area contributed by atoms with Crippen molar-refractivity contribution in [3.63, 3.8) is 0 Å². The summed E-state index contributed by atoms with van der Waals surface area (Å²) < 4.78 is 13.3. The number of thiophene rings is 1. The molecular formula is C15H17ClFNS. The lowest BCUT2D eigenvalue weighted by molar-refractivity contribution is 0.597. The van der Waals surface area contributed by atoms with Gasteiger partial charge in [0.15, 0.2) is 0 Å². The number of hydrogen-bond acceptors (Lipinski definition) is 2. The van der Waals surface area contributed by atoms with Crippen LogP contribution in [0.25, 0.3) is 0 Å². The van der Waals surface area contributed by atoms with Crippen molar-refractivity contribution in [3.8, 4) is 0 Å². The summed E-state index contributed by atoms with van der Waals surface area (Å²) in [5, 5.41) is 5.76. The molecule has 2 aromatic rings. The molecule has 0 fully saturated rings. The summed E-state index contributed by atoms with van der Waals surface area (Å²) in [7, 11) is 0. The zero-order valence-corrected chi connectivity index (χ0v) is 12.6. The Morgan fingerprint density at radius 3 is 2.74 bits per heavy atom. The third-order valence-electron chi connectivity index (χ3n) is 3.04. The van der Waals surface area contributed by atoms with E-state index in [1.165, 1.54) is 16.5 Å². The van der Waals surface area contributed by atoms with Crippen LogP contribution in [0.3, 0.4) is 0 Å². The molecule has 4 heteroatoms. The summed E-state index contributed by atoms with van der Waals surface area (Å²) >= 11 is 7.61. The van der Waals surface area contributed by atoms with Gasteiger partial charge < -0.3 is 5.32 Å². The van der Waals surface area contributed by atoms with Crippen molar-refractivity contribution in [1.29, 1.82) is 0 Å². The molecule has 102 valence electrons. The zero-order chi connectivity index (χ0) is 13.8. The average molecular weight is 298 g/mol. The SMILES string of the molecule is CCCNC(c1ccc(F)c(Cl)c1)c1sccc1C. The Balaban J connectivity index is 2.37. The van der Waals surface area contributed by atoms with Gasteiger partial charge in [0.2, 0.25) is 0 Å². The van der Waals surface area contributed by atoms with Crippen LogP contribution in [0.15, 0.2) is 29.6 Å². The smallest absolute Gasteiger partial charge is 0.141 e. The highest BCUT2D eigenvalue weighted by molar-refractivity contribution is 7.10. The first-order valence-corrected chi connectivity index (χ1v) is 7.61. The van der Waals surface area contributed by atoms with E-state index in [0.29, 0.717) is 0 Å². The average Bonchev–Trinajstić information content (AvgIpc) is 2.80. The van der Waals surface area contributed by atoms with Gasteiger partial charge >= 0.3 is 0 Å². The minimum atomic E-state index is -0.373. The Hall–Kier alpha value is -0.900. The Kier molecular flexibility index (Phi) is 4.97. The Morgan fingerprint density at radius 2 is 2.16 bits per heavy atom. The molecule has 0 saturated heterocycles. The molecule has 1 unspecified atom stereocenters. The second-order valence-electron chi connectivity index (χ2n) is 4.53. The van der Waals surface area contributed by atoms with E-state index in [2.05, 4.69) is 30.6 Å². The molecule has 0 aliphatic rings. The summed E-state index contributed by atoms with van der Waals surface area (Å²) in [6.45, 7) is 5.14. The quantitative estimate of drug-likeness (QED) is 0.824. The van der Waals surface area contributed by atoms with Crippen LogP contribution in [0.2, 0.25) is 5.02 Å². The third-order valence-corrected chi connectivity index (χ3v) is 4.41. The van der Waals surface area contributed by atoms with Gasteiger partial charge in [0, 0.05) is 4.88 Å². The maximum atomic E-state index is 13.3. The van der Waals surface area contributed by atoms with Crippen molar-refractivity contribution in [3.05, 3.63) is 56.5 Å². The van der Waals surface area contributed by atoms with Crippen molar-refractivity contribution >= 4 is 22.9 Å². The molecule has 0 aliphatic carbocycles. The van der Waals surface area contributed by atoms with Gasteiger partial charge in [-0.2, -0.15) is 0 Å². The topological polar surface area (TPSA) is 12.0 Å². The molecular weight excluding hydrogens is 281 g/mol. The molecule has 1 heterocycles. The largest absolute Gasteiger partial charge is 0.306 e. The van der Waals surface area contributed by atoms with Crippen LogP contribution in [-0.2, 0) is 0 Å². The highest BCUT2D eigenvalue weighted by Gasteiger charge is 2.17. The number of rotatable bonds is 5. The van der Waals surface area contributed by atoms with Crippen molar-refractivity contribution in [2.45, 2.75) is 26.3 Å². The molecule has 19 heavy (non-hydrogen) atoms. The molecule has 0 bridgehead atoms. The predicted molar refractivity (Wildman–Crippen MR) is 80.6 cm³/mol. The molecule has 1 nitrogen and oxygen atoms in total.